The van der Waals surface area contributed by atoms with E-state index in [2.05, 4.69) is 43.0 Å². The minimum absolute atomic E-state index is 1.11. The summed E-state index contributed by atoms with van der Waals surface area (Å²) < 4.78 is 2.16. The number of nitrogens with zero attached hydrogens (tertiary/aromatic N) is 1. The Morgan fingerprint density at radius 1 is 1.70 bits per heavy atom. The van der Waals surface area contributed by atoms with Crippen LogP contribution in [-0.2, 0) is 0 Å². The van der Waals surface area contributed by atoms with Crippen molar-refractivity contribution < 1.29 is 4.58 Å². The lowest BCUT2D eigenvalue weighted by molar-refractivity contribution is -0.430. The zero-order valence-corrected chi connectivity index (χ0v) is 6.67. The maximum atomic E-state index is 2.22. The molecule has 0 heterocycles. The summed E-state index contributed by atoms with van der Waals surface area (Å²) in [6.07, 6.45) is 10.9. The van der Waals surface area contributed by atoms with Crippen LogP contribution in [0.2, 0.25) is 0 Å². The Morgan fingerprint density at radius 3 is 2.90 bits per heavy atom. The normalized spacial score (nSPS) is 17.8. The summed E-state index contributed by atoms with van der Waals surface area (Å²) in [5.41, 5.74) is 1.43. The highest BCUT2D eigenvalue weighted by Gasteiger charge is 2.16. The van der Waals surface area contributed by atoms with E-state index in [1.165, 1.54) is 12.1 Å². The molecule has 1 aliphatic carbocycles. The van der Waals surface area contributed by atoms with Gasteiger partial charge in [0.25, 0.3) is 0 Å². The molecule has 0 aromatic carbocycles. The average Bonchev–Trinajstić information content (AvgIpc) is 2.69. The van der Waals surface area contributed by atoms with E-state index in [0.29, 0.717) is 0 Å². The van der Waals surface area contributed by atoms with Crippen LogP contribution in [0.1, 0.15) is 19.8 Å². The van der Waals surface area contributed by atoms with Crippen molar-refractivity contribution >= 4 is 6.21 Å². The second-order valence-corrected chi connectivity index (χ2v) is 2.50. The average molecular weight is 136 g/mol. The van der Waals surface area contributed by atoms with E-state index in [0.717, 1.165) is 6.42 Å². The molecular weight excluding hydrogens is 122 g/mol. The van der Waals surface area contributed by atoms with Gasteiger partial charge in [-0.2, -0.15) is 0 Å². The number of hydrogen-bond acceptors (Lipinski definition) is 0. The molecule has 0 N–H and O–H groups in total. The van der Waals surface area contributed by atoms with E-state index in [9.17, 15) is 0 Å². The molecule has 1 heteroatoms. The molecule has 0 spiro atoms. The fourth-order valence-electron chi connectivity index (χ4n) is 0.755. The van der Waals surface area contributed by atoms with Crippen LogP contribution in [0.5, 0.6) is 0 Å². The van der Waals surface area contributed by atoms with Gasteiger partial charge in [0.15, 0.2) is 11.9 Å². The molecule has 0 aliphatic heterocycles. The van der Waals surface area contributed by atoms with Gasteiger partial charge in [0, 0.05) is 0 Å². The van der Waals surface area contributed by atoms with Gasteiger partial charge >= 0.3 is 0 Å². The van der Waals surface area contributed by atoms with Crippen LogP contribution in [-0.4, -0.2) is 17.8 Å². The molecule has 1 rings (SSSR count). The Hall–Kier alpha value is -0.850. The summed E-state index contributed by atoms with van der Waals surface area (Å²) >= 11 is 0. The molecule has 0 radical (unpaired) electrons. The fourth-order valence-corrected chi connectivity index (χ4v) is 0.755. The van der Waals surface area contributed by atoms with Crippen molar-refractivity contribution in [1.29, 1.82) is 0 Å². The van der Waals surface area contributed by atoms with Crippen LogP contribution in [0.25, 0.3) is 0 Å². The second kappa shape index (κ2) is 3.35. The highest BCUT2D eigenvalue weighted by atomic mass is 15.0. The molecule has 54 valence electrons. The smallest absolute Gasteiger partial charge is 0.181 e. The first-order valence-corrected chi connectivity index (χ1v) is 3.76. The quantitative estimate of drug-likeness (QED) is 0.412. The van der Waals surface area contributed by atoms with Crippen LogP contribution < -0.4 is 0 Å². The third kappa shape index (κ3) is 2.18. The Morgan fingerprint density at radius 2 is 2.40 bits per heavy atom. The van der Waals surface area contributed by atoms with Crippen LogP contribution in [0.4, 0.5) is 0 Å². The van der Waals surface area contributed by atoms with Gasteiger partial charge in [-0.15, -0.1) is 0 Å². The van der Waals surface area contributed by atoms with Crippen molar-refractivity contribution in [3.63, 3.8) is 0 Å². The Labute approximate surface area is 62.4 Å². The second-order valence-electron chi connectivity index (χ2n) is 2.50. The largest absolute Gasteiger partial charge is 0.205 e. The molecule has 0 fully saturated rings. The van der Waals surface area contributed by atoms with E-state index in [4.69, 9.17) is 0 Å². The monoisotopic (exact) mass is 136 g/mol. The zero-order valence-electron chi connectivity index (χ0n) is 6.67. The zero-order chi connectivity index (χ0) is 7.40. The minimum Gasteiger partial charge on any atom is -0.205 e. The van der Waals surface area contributed by atoms with Gasteiger partial charge in [0.05, 0.1) is 6.42 Å². The first kappa shape index (κ1) is 7.26. The van der Waals surface area contributed by atoms with Crippen LogP contribution >= 0.6 is 0 Å². The topological polar surface area (TPSA) is 3.01 Å². The molecule has 0 saturated carbocycles. The summed E-state index contributed by atoms with van der Waals surface area (Å²) in [4.78, 5) is 0. The van der Waals surface area contributed by atoms with E-state index >= 15 is 0 Å². The standard InChI is InChI=1S/C9H14N/c1-3-4-5-8-10(2)9-6-7-9/h4-6,8H,3,7H2,1-2H3/q+1. The van der Waals surface area contributed by atoms with Gasteiger partial charge in [-0.3, -0.25) is 0 Å². The summed E-state index contributed by atoms with van der Waals surface area (Å²) in [7, 11) is 2.08. The maximum absolute atomic E-state index is 2.22. The van der Waals surface area contributed by atoms with Gasteiger partial charge in [-0.1, -0.05) is 13.0 Å². The number of allylic oxidation sites excluding steroid dienone is 4. The summed E-state index contributed by atoms with van der Waals surface area (Å²) in [5, 5.41) is 0. The Bertz CT molecular complexity index is 197. The molecule has 0 aromatic heterocycles. The van der Waals surface area contributed by atoms with Crippen molar-refractivity contribution in [2.45, 2.75) is 19.8 Å². The summed E-state index contributed by atoms with van der Waals surface area (Å²) in [5.74, 6) is 0. The van der Waals surface area contributed by atoms with Gasteiger partial charge in [0.1, 0.15) is 7.05 Å². The summed E-state index contributed by atoms with van der Waals surface area (Å²) in [6, 6.07) is 0. The fraction of sp³-hybridized carbons (Fsp3) is 0.444. The van der Waals surface area contributed by atoms with E-state index in [-0.39, 0.29) is 0 Å². The lowest BCUT2D eigenvalue weighted by atomic mass is 10.4. The Kier molecular flexibility index (Phi) is 2.43. The van der Waals surface area contributed by atoms with Gasteiger partial charge in [0.2, 0.25) is 0 Å². The first-order chi connectivity index (χ1) is 4.84. The van der Waals surface area contributed by atoms with Crippen LogP contribution in [0, 0.1) is 0 Å². The van der Waals surface area contributed by atoms with Crippen LogP contribution in [0.15, 0.2) is 23.9 Å². The molecule has 0 bridgehead atoms. The highest BCUT2D eigenvalue weighted by Crippen LogP contribution is 2.16. The van der Waals surface area contributed by atoms with Gasteiger partial charge in [-0.05, 0) is 18.6 Å². The van der Waals surface area contributed by atoms with Crippen molar-refractivity contribution in [2.75, 3.05) is 7.05 Å². The van der Waals surface area contributed by atoms with Crippen molar-refractivity contribution in [2.24, 2.45) is 0 Å². The molecule has 1 aliphatic rings. The molecule has 0 atom stereocenters. The summed E-state index contributed by atoms with van der Waals surface area (Å²) in [6.45, 7) is 2.14. The first-order valence-electron chi connectivity index (χ1n) is 3.76. The maximum Gasteiger partial charge on any atom is 0.181 e. The van der Waals surface area contributed by atoms with Crippen molar-refractivity contribution in [3.05, 3.63) is 23.9 Å². The predicted octanol–water partition coefficient (Wildman–Crippen LogP) is 1.95. The Balaban J connectivity index is 2.37. The molecule has 1 nitrogen and oxygen atoms in total. The third-order valence-electron chi connectivity index (χ3n) is 1.52. The number of rotatable bonds is 3. The molecule has 0 saturated heterocycles. The molecule has 0 amide bonds. The van der Waals surface area contributed by atoms with Gasteiger partial charge < -0.3 is 0 Å². The van der Waals surface area contributed by atoms with Crippen molar-refractivity contribution in [1.82, 2.24) is 0 Å². The molecule has 10 heavy (non-hydrogen) atoms. The molecular formula is C9H14N+. The predicted molar refractivity (Wildman–Crippen MR) is 44.4 cm³/mol. The highest BCUT2D eigenvalue weighted by molar-refractivity contribution is 5.66. The van der Waals surface area contributed by atoms with Gasteiger partial charge in [-0.25, -0.2) is 4.58 Å². The molecule has 0 aromatic rings. The van der Waals surface area contributed by atoms with Crippen LogP contribution in [0.3, 0.4) is 0 Å². The lowest BCUT2D eigenvalue weighted by Crippen LogP contribution is -1.97. The molecule has 0 unspecified atom stereocenters. The number of hydrogen-bond donors (Lipinski definition) is 0. The van der Waals surface area contributed by atoms with E-state index in [1.807, 2.05) is 0 Å². The lowest BCUT2D eigenvalue weighted by Gasteiger charge is -1.82. The van der Waals surface area contributed by atoms with E-state index < -0.39 is 0 Å². The third-order valence-corrected chi connectivity index (χ3v) is 1.52. The van der Waals surface area contributed by atoms with E-state index in [1.54, 1.807) is 0 Å². The SMILES string of the molecule is CCC=CC=[N+](C)C1=CC1. The minimum atomic E-state index is 1.11. The van der Waals surface area contributed by atoms with Crippen molar-refractivity contribution in [3.8, 4) is 0 Å².